The minimum atomic E-state index is -0.551. The van der Waals surface area contributed by atoms with Gasteiger partial charge in [-0.05, 0) is 55.5 Å². The maximum Gasteiger partial charge on any atom is 0.410 e. The summed E-state index contributed by atoms with van der Waals surface area (Å²) in [5.41, 5.74) is 4.56. The molecule has 2 amide bonds. The summed E-state index contributed by atoms with van der Waals surface area (Å²) in [4.78, 5) is 28.8. The van der Waals surface area contributed by atoms with Gasteiger partial charge in [0, 0.05) is 32.8 Å². The molecule has 1 aliphatic rings. The summed E-state index contributed by atoms with van der Waals surface area (Å²) in [6.07, 6.45) is 5.51. The molecular weight excluding hydrogens is 400 g/mol. The predicted molar refractivity (Wildman–Crippen MR) is 130 cm³/mol. The number of rotatable bonds is 5. The van der Waals surface area contributed by atoms with Gasteiger partial charge >= 0.3 is 6.09 Å². The van der Waals surface area contributed by atoms with Crippen molar-refractivity contribution in [2.24, 2.45) is 0 Å². The van der Waals surface area contributed by atoms with Gasteiger partial charge in [-0.1, -0.05) is 60.7 Å². The summed E-state index contributed by atoms with van der Waals surface area (Å²) in [5, 5.41) is 0. The third-order valence-electron chi connectivity index (χ3n) is 5.33. The minimum absolute atomic E-state index is 0.105. The van der Waals surface area contributed by atoms with Gasteiger partial charge in [-0.2, -0.15) is 0 Å². The summed E-state index contributed by atoms with van der Waals surface area (Å²) in [6.45, 7) is 8.78. The predicted octanol–water partition coefficient (Wildman–Crippen LogP) is 5.32. The summed E-state index contributed by atoms with van der Waals surface area (Å²) in [5.74, 6) is -0.105. The highest BCUT2D eigenvalue weighted by molar-refractivity contribution is 6.03. The Labute approximate surface area is 191 Å². The Bertz CT molecular complexity index is 995. The van der Waals surface area contributed by atoms with Gasteiger partial charge in [0.05, 0.1) is 0 Å². The summed E-state index contributed by atoms with van der Waals surface area (Å²) in [6, 6.07) is 16.2. The van der Waals surface area contributed by atoms with Crippen LogP contribution in [0, 0.1) is 0 Å². The number of nitrogens with zero attached hydrogens (tertiary/aromatic N) is 2. The highest BCUT2D eigenvalue weighted by Crippen LogP contribution is 2.33. The van der Waals surface area contributed by atoms with E-state index in [1.165, 1.54) is 0 Å². The molecule has 168 valence electrons. The van der Waals surface area contributed by atoms with Crippen LogP contribution in [0.15, 0.2) is 54.6 Å². The fourth-order valence-corrected chi connectivity index (χ4v) is 3.57. The Morgan fingerprint density at radius 1 is 0.906 bits per heavy atom. The first-order valence-electron chi connectivity index (χ1n) is 11.0. The van der Waals surface area contributed by atoms with Crippen LogP contribution in [0.5, 0.6) is 0 Å². The average Bonchev–Trinajstić information content (AvgIpc) is 2.90. The van der Waals surface area contributed by atoms with Gasteiger partial charge in [0.25, 0.3) is 0 Å². The number of fused-ring (bicyclic) bond motifs is 2. The lowest BCUT2D eigenvalue weighted by Gasteiger charge is -2.28. The van der Waals surface area contributed by atoms with Gasteiger partial charge in [-0.25, -0.2) is 4.79 Å². The van der Waals surface area contributed by atoms with E-state index in [9.17, 15) is 9.59 Å². The van der Waals surface area contributed by atoms with E-state index < -0.39 is 5.60 Å². The maximum atomic E-state index is 13.1. The standard InChI is InChI=1S/C27H32N2O3/c1-6-29(26(31)32-27(2,3)4)18-17-28(5)25(30)19-24-22-13-9-7-11-20(22)15-16-21-12-8-10-14-23(21)24/h7-16,19H,6,17-18H2,1-5H3. The monoisotopic (exact) mass is 432 g/mol. The van der Waals surface area contributed by atoms with Gasteiger partial charge < -0.3 is 14.5 Å². The molecule has 0 aliphatic heterocycles. The molecule has 0 atom stereocenters. The number of carbonyl (C=O) groups is 2. The molecule has 2 aromatic carbocycles. The average molecular weight is 433 g/mol. The molecule has 0 bridgehead atoms. The van der Waals surface area contributed by atoms with Crippen molar-refractivity contribution in [3.63, 3.8) is 0 Å². The van der Waals surface area contributed by atoms with Crippen LogP contribution in [0.2, 0.25) is 0 Å². The molecule has 0 aromatic heterocycles. The van der Waals surface area contributed by atoms with E-state index in [4.69, 9.17) is 4.74 Å². The van der Waals surface area contributed by atoms with Gasteiger partial charge in [-0.15, -0.1) is 0 Å². The van der Waals surface area contributed by atoms with E-state index in [1.54, 1.807) is 22.9 Å². The normalized spacial score (nSPS) is 12.3. The Morgan fingerprint density at radius 3 is 1.94 bits per heavy atom. The van der Waals surface area contributed by atoms with E-state index in [2.05, 4.69) is 24.3 Å². The van der Waals surface area contributed by atoms with E-state index in [0.717, 1.165) is 27.8 Å². The Kier molecular flexibility index (Phi) is 7.18. The van der Waals surface area contributed by atoms with Crippen molar-refractivity contribution >= 4 is 29.7 Å². The van der Waals surface area contributed by atoms with Crippen molar-refractivity contribution in [1.29, 1.82) is 0 Å². The topological polar surface area (TPSA) is 49.9 Å². The molecule has 1 aliphatic carbocycles. The molecule has 0 saturated heterocycles. The van der Waals surface area contributed by atoms with Gasteiger partial charge in [0.15, 0.2) is 0 Å². The molecule has 0 fully saturated rings. The van der Waals surface area contributed by atoms with Crippen LogP contribution in [-0.4, -0.2) is 54.1 Å². The van der Waals surface area contributed by atoms with Crippen molar-refractivity contribution in [1.82, 2.24) is 9.80 Å². The fourth-order valence-electron chi connectivity index (χ4n) is 3.57. The zero-order valence-corrected chi connectivity index (χ0v) is 19.6. The van der Waals surface area contributed by atoms with Crippen LogP contribution in [0.25, 0.3) is 17.7 Å². The highest BCUT2D eigenvalue weighted by atomic mass is 16.6. The third kappa shape index (κ3) is 5.67. The molecular formula is C27H32N2O3. The fraction of sp³-hybridized carbons (Fsp3) is 0.333. The number of amides is 2. The quantitative estimate of drug-likeness (QED) is 0.513. The first-order valence-corrected chi connectivity index (χ1v) is 11.0. The highest BCUT2D eigenvalue weighted by Gasteiger charge is 2.22. The Balaban J connectivity index is 1.80. The summed E-state index contributed by atoms with van der Waals surface area (Å²) >= 11 is 0. The molecule has 0 heterocycles. The van der Waals surface area contributed by atoms with E-state index in [1.807, 2.05) is 64.1 Å². The Hall–Kier alpha value is -3.34. The number of benzene rings is 2. The van der Waals surface area contributed by atoms with Gasteiger partial charge in [-0.3, -0.25) is 4.79 Å². The van der Waals surface area contributed by atoms with E-state index >= 15 is 0 Å². The van der Waals surface area contributed by atoms with Gasteiger partial charge in [0.1, 0.15) is 5.60 Å². The van der Waals surface area contributed by atoms with Crippen molar-refractivity contribution in [3.8, 4) is 0 Å². The zero-order valence-electron chi connectivity index (χ0n) is 19.6. The van der Waals surface area contributed by atoms with Crippen LogP contribution in [-0.2, 0) is 9.53 Å². The van der Waals surface area contributed by atoms with E-state index in [-0.39, 0.29) is 12.0 Å². The lowest BCUT2D eigenvalue weighted by Crippen LogP contribution is -2.41. The number of hydrogen-bond donors (Lipinski definition) is 0. The molecule has 32 heavy (non-hydrogen) atoms. The van der Waals surface area contributed by atoms with Crippen LogP contribution in [0.3, 0.4) is 0 Å². The lowest BCUT2D eigenvalue weighted by atomic mass is 9.93. The SMILES string of the molecule is CCN(CCN(C)C(=O)C=C1c2ccccc2C=Cc2ccccc21)C(=O)OC(C)(C)C. The Morgan fingerprint density at radius 2 is 1.44 bits per heavy atom. The lowest BCUT2D eigenvalue weighted by molar-refractivity contribution is -0.124. The number of hydrogen-bond acceptors (Lipinski definition) is 3. The largest absolute Gasteiger partial charge is 0.444 e. The molecule has 0 radical (unpaired) electrons. The molecule has 3 rings (SSSR count). The molecule has 0 spiro atoms. The number of ether oxygens (including phenoxy) is 1. The van der Waals surface area contributed by atoms with Crippen LogP contribution < -0.4 is 0 Å². The second-order valence-electron chi connectivity index (χ2n) is 8.89. The van der Waals surface area contributed by atoms with Crippen molar-refractivity contribution in [2.75, 3.05) is 26.7 Å². The second-order valence-corrected chi connectivity index (χ2v) is 8.89. The summed E-state index contributed by atoms with van der Waals surface area (Å²) < 4.78 is 5.46. The zero-order chi connectivity index (χ0) is 23.3. The third-order valence-corrected chi connectivity index (χ3v) is 5.33. The van der Waals surface area contributed by atoms with Crippen LogP contribution in [0.4, 0.5) is 4.79 Å². The molecule has 5 nitrogen and oxygen atoms in total. The number of likely N-dealkylation sites (N-methyl/N-ethyl adjacent to an activating group) is 2. The number of carbonyl (C=O) groups excluding carboxylic acids is 2. The molecule has 0 saturated carbocycles. The smallest absolute Gasteiger partial charge is 0.410 e. The maximum absolute atomic E-state index is 13.1. The molecule has 2 aromatic rings. The summed E-state index contributed by atoms with van der Waals surface area (Å²) in [7, 11) is 1.76. The van der Waals surface area contributed by atoms with Crippen molar-refractivity contribution in [3.05, 3.63) is 76.9 Å². The second kappa shape index (κ2) is 9.86. The minimum Gasteiger partial charge on any atom is -0.444 e. The van der Waals surface area contributed by atoms with Crippen molar-refractivity contribution < 1.29 is 14.3 Å². The van der Waals surface area contributed by atoms with Gasteiger partial charge in [0.2, 0.25) is 5.91 Å². The van der Waals surface area contributed by atoms with E-state index in [0.29, 0.717) is 19.6 Å². The van der Waals surface area contributed by atoms with Crippen molar-refractivity contribution in [2.45, 2.75) is 33.3 Å². The molecule has 5 heteroatoms. The van der Waals surface area contributed by atoms with Crippen LogP contribution >= 0.6 is 0 Å². The first kappa shape index (κ1) is 23.3. The molecule has 0 unspecified atom stereocenters. The molecule has 0 N–H and O–H groups in total. The first-order chi connectivity index (χ1) is 15.2. The van der Waals surface area contributed by atoms with Crippen LogP contribution in [0.1, 0.15) is 49.9 Å².